The normalized spacial score (nSPS) is 23.8. The van der Waals surface area contributed by atoms with Gasteiger partial charge < -0.3 is 10.2 Å². The fraction of sp³-hybridized carbons (Fsp3) is 0.643. The molecule has 18 heavy (non-hydrogen) atoms. The number of rotatable bonds is 1. The second-order valence-corrected chi connectivity index (χ2v) is 6.59. The fourth-order valence-corrected chi connectivity index (χ4v) is 4.01. The molecule has 1 aliphatic heterocycles. The van der Waals surface area contributed by atoms with E-state index in [1.165, 1.54) is 16.9 Å². The van der Waals surface area contributed by atoms with Crippen LogP contribution >= 0.6 is 11.3 Å². The zero-order chi connectivity index (χ0) is 12.5. The summed E-state index contributed by atoms with van der Waals surface area (Å²) < 4.78 is 0. The van der Waals surface area contributed by atoms with Gasteiger partial charge in [0.2, 0.25) is 0 Å². The van der Waals surface area contributed by atoms with Gasteiger partial charge >= 0.3 is 0 Å². The predicted molar refractivity (Wildman–Crippen MR) is 74.3 cm³/mol. The average Bonchev–Trinajstić information content (AvgIpc) is 2.81. The van der Waals surface area contributed by atoms with E-state index in [0.29, 0.717) is 0 Å². The van der Waals surface area contributed by atoms with Gasteiger partial charge in [0.25, 0.3) is 5.91 Å². The number of aryl methyl sites for hydroxylation is 1. The quantitative estimate of drug-likeness (QED) is 0.840. The van der Waals surface area contributed by atoms with Crippen molar-refractivity contribution in [1.82, 2.24) is 10.2 Å². The first-order chi connectivity index (χ1) is 8.74. The van der Waals surface area contributed by atoms with Gasteiger partial charge in [0.15, 0.2) is 0 Å². The second-order valence-electron chi connectivity index (χ2n) is 5.45. The van der Waals surface area contributed by atoms with Crippen LogP contribution in [0.1, 0.15) is 33.5 Å². The molecule has 1 aliphatic carbocycles. The second kappa shape index (κ2) is 5.02. The van der Waals surface area contributed by atoms with Gasteiger partial charge in [-0.05, 0) is 36.8 Å². The number of hydrogen-bond acceptors (Lipinski definition) is 3. The van der Waals surface area contributed by atoms with Crippen molar-refractivity contribution in [2.24, 2.45) is 5.92 Å². The molecule has 1 amide bonds. The van der Waals surface area contributed by atoms with Gasteiger partial charge in [-0.3, -0.25) is 4.79 Å². The standard InChI is InChI=1S/C14H20N2OS/c1-10-2-3-12-11(8-10)9-13(18-12)14(17)16-6-4-15-5-7-16/h9-10,15H,2-8H2,1H3. The predicted octanol–water partition coefficient (Wildman–Crippen LogP) is 1.92. The van der Waals surface area contributed by atoms with Gasteiger partial charge in [-0.2, -0.15) is 0 Å². The average molecular weight is 264 g/mol. The fourth-order valence-electron chi connectivity index (χ4n) is 2.83. The molecular weight excluding hydrogens is 244 g/mol. The van der Waals surface area contributed by atoms with Gasteiger partial charge in [0, 0.05) is 31.1 Å². The lowest BCUT2D eigenvalue weighted by molar-refractivity contribution is 0.0740. The van der Waals surface area contributed by atoms with Crippen molar-refractivity contribution in [3.63, 3.8) is 0 Å². The molecule has 3 nitrogen and oxygen atoms in total. The van der Waals surface area contributed by atoms with Crippen molar-refractivity contribution in [3.8, 4) is 0 Å². The van der Waals surface area contributed by atoms with Crippen LogP contribution in [0.5, 0.6) is 0 Å². The number of hydrogen-bond donors (Lipinski definition) is 1. The number of nitrogens with one attached hydrogen (secondary N) is 1. The molecule has 4 heteroatoms. The molecule has 98 valence electrons. The van der Waals surface area contributed by atoms with Crippen LogP contribution in [0.15, 0.2) is 6.07 Å². The number of nitrogens with zero attached hydrogens (tertiary/aromatic N) is 1. The highest BCUT2D eigenvalue weighted by Crippen LogP contribution is 2.32. The monoisotopic (exact) mass is 264 g/mol. The van der Waals surface area contributed by atoms with Gasteiger partial charge in [0.1, 0.15) is 0 Å². The highest BCUT2D eigenvalue weighted by Gasteiger charge is 2.24. The van der Waals surface area contributed by atoms with E-state index in [0.717, 1.165) is 49.8 Å². The van der Waals surface area contributed by atoms with Gasteiger partial charge in [-0.25, -0.2) is 0 Å². The Labute approximate surface area is 112 Å². The van der Waals surface area contributed by atoms with Crippen LogP contribution in [0.25, 0.3) is 0 Å². The number of fused-ring (bicyclic) bond motifs is 1. The number of carbonyl (C=O) groups excluding carboxylic acids is 1. The summed E-state index contributed by atoms with van der Waals surface area (Å²) >= 11 is 1.73. The SMILES string of the molecule is CC1CCc2sc(C(=O)N3CCNCC3)cc2C1. The lowest BCUT2D eigenvalue weighted by Gasteiger charge is -2.26. The maximum atomic E-state index is 12.4. The smallest absolute Gasteiger partial charge is 0.264 e. The summed E-state index contributed by atoms with van der Waals surface area (Å²) in [7, 11) is 0. The first-order valence-electron chi connectivity index (χ1n) is 6.85. The lowest BCUT2D eigenvalue weighted by Crippen LogP contribution is -2.46. The topological polar surface area (TPSA) is 32.3 Å². The van der Waals surface area contributed by atoms with Crippen LogP contribution in [0.2, 0.25) is 0 Å². The Kier molecular flexibility index (Phi) is 3.39. The number of carbonyl (C=O) groups is 1. The molecular formula is C14H20N2OS. The minimum atomic E-state index is 0.239. The summed E-state index contributed by atoms with van der Waals surface area (Å²) in [6, 6.07) is 2.15. The molecule has 2 heterocycles. The maximum absolute atomic E-state index is 12.4. The molecule has 1 fully saturated rings. The van der Waals surface area contributed by atoms with Crippen LogP contribution in [0.3, 0.4) is 0 Å². The summed E-state index contributed by atoms with van der Waals surface area (Å²) in [5.74, 6) is 1.01. The molecule has 0 bridgehead atoms. The Hall–Kier alpha value is -0.870. The third-order valence-electron chi connectivity index (χ3n) is 3.94. The zero-order valence-electron chi connectivity index (χ0n) is 10.9. The summed E-state index contributed by atoms with van der Waals surface area (Å²) in [6.07, 6.45) is 3.59. The molecule has 1 atom stereocenters. The van der Waals surface area contributed by atoms with E-state index in [1.54, 1.807) is 11.3 Å². The van der Waals surface area contributed by atoms with Crippen LogP contribution in [0.4, 0.5) is 0 Å². The Balaban J connectivity index is 1.78. The first kappa shape index (κ1) is 12.2. The van der Waals surface area contributed by atoms with Gasteiger partial charge in [-0.1, -0.05) is 6.92 Å². The summed E-state index contributed by atoms with van der Waals surface area (Å²) in [4.78, 5) is 16.8. The molecule has 1 N–H and O–H groups in total. The minimum Gasteiger partial charge on any atom is -0.335 e. The van der Waals surface area contributed by atoms with E-state index < -0.39 is 0 Å². The number of thiophene rings is 1. The van der Waals surface area contributed by atoms with E-state index in [4.69, 9.17) is 0 Å². The molecule has 0 aromatic carbocycles. The highest BCUT2D eigenvalue weighted by atomic mass is 32.1. The molecule has 1 aromatic rings. The van der Waals surface area contributed by atoms with Crippen molar-refractivity contribution in [3.05, 3.63) is 21.4 Å². The third-order valence-corrected chi connectivity index (χ3v) is 5.17. The van der Waals surface area contributed by atoms with Crippen molar-refractivity contribution in [1.29, 1.82) is 0 Å². The molecule has 1 unspecified atom stereocenters. The van der Waals surface area contributed by atoms with E-state index in [2.05, 4.69) is 18.3 Å². The largest absolute Gasteiger partial charge is 0.335 e. The summed E-state index contributed by atoms with van der Waals surface area (Å²) in [6.45, 7) is 5.84. The van der Waals surface area contributed by atoms with Gasteiger partial charge in [0.05, 0.1) is 4.88 Å². The molecule has 0 spiro atoms. The Morgan fingerprint density at radius 3 is 3.00 bits per heavy atom. The minimum absolute atomic E-state index is 0.239. The molecule has 3 rings (SSSR count). The van der Waals surface area contributed by atoms with Crippen molar-refractivity contribution >= 4 is 17.2 Å². The Bertz CT molecular complexity index is 449. The van der Waals surface area contributed by atoms with Crippen molar-refractivity contribution in [2.45, 2.75) is 26.2 Å². The van der Waals surface area contributed by atoms with Crippen LogP contribution < -0.4 is 5.32 Å². The lowest BCUT2D eigenvalue weighted by atomic mass is 9.90. The number of amides is 1. The summed E-state index contributed by atoms with van der Waals surface area (Å²) in [5, 5.41) is 3.29. The molecule has 2 aliphatic rings. The van der Waals surface area contributed by atoms with E-state index in [-0.39, 0.29) is 5.91 Å². The van der Waals surface area contributed by atoms with E-state index in [9.17, 15) is 4.79 Å². The van der Waals surface area contributed by atoms with Crippen LogP contribution in [-0.2, 0) is 12.8 Å². The van der Waals surface area contributed by atoms with Crippen molar-refractivity contribution < 1.29 is 4.79 Å². The van der Waals surface area contributed by atoms with Crippen LogP contribution in [0, 0.1) is 5.92 Å². The summed E-state index contributed by atoms with van der Waals surface area (Å²) in [5.41, 5.74) is 1.43. The van der Waals surface area contributed by atoms with E-state index >= 15 is 0 Å². The third kappa shape index (κ3) is 2.31. The molecule has 1 aromatic heterocycles. The van der Waals surface area contributed by atoms with E-state index in [1.807, 2.05) is 4.90 Å². The van der Waals surface area contributed by atoms with Crippen molar-refractivity contribution in [2.75, 3.05) is 26.2 Å². The Morgan fingerprint density at radius 2 is 2.22 bits per heavy atom. The first-order valence-corrected chi connectivity index (χ1v) is 7.67. The maximum Gasteiger partial charge on any atom is 0.264 e. The molecule has 1 saturated heterocycles. The molecule has 0 saturated carbocycles. The zero-order valence-corrected chi connectivity index (χ0v) is 11.7. The highest BCUT2D eigenvalue weighted by molar-refractivity contribution is 7.14. The molecule has 0 radical (unpaired) electrons. The van der Waals surface area contributed by atoms with Gasteiger partial charge in [-0.15, -0.1) is 11.3 Å². The Morgan fingerprint density at radius 1 is 1.44 bits per heavy atom. The number of piperazine rings is 1. The van der Waals surface area contributed by atoms with Crippen LogP contribution in [-0.4, -0.2) is 37.0 Å².